The molecule has 1 fully saturated rings. The van der Waals surface area contributed by atoms with Crippen LogP contribution in [-0.4, -0.2) is 17.3 Å². The third-order valence-electron chi connectivity index (χ3n) is 3.60. The zero-order valence-corrected chi connectivity index (χ0v) is 10.7. The predicted molar refractivity (Wildman–Crippen MR) is 73.4 cm³/mol. The summed E-state index contributed by atoms with van der Waals surface area (Å²) in [6.45, 7) is 0. The number of Topliss-reactive ketones (excluding diaryl/α,β-unsaturated/α-hetero) is 3. The van der Waals surface area contributed by atoms with Gasteiger partial charge in [0, 0.05) is 0 Å². The maximum Gasteiger partial charge on any atom is 0.214 e. The molecule has 20 heavy (non-hydrogen) atoms. The van der Waals surface area contributed by atoms with Crippen molar-refractivity contribution in [3.8, 4) is 0 Å². The molecule has 0 bridgehead atoms. The molecule has 0 unspecified atom stereocenters. The first kappa shape index (κ1) is 12.5. The van der Waals surface area contributed by atoms with E-state index in [1.54, 1.807) is 48.5 Å². The van der Waals surface area contributed by atoms with E-state index in [-0.39, 0.29) is 5.78 Å². The number of carbonyl (C=O) groups excluding carboxylic acids is 3. The SMILES string of the molecule is O=C1C(=O)[C@H](c2ccccc2)C(=O)[C@@H]1c1ccccc1. The highest BCUT2D eigenvalue weighted by Crippen LogP contribution is 2.35. The summed E-state index contributed by atoms with van der Waals surface area (Å²) in [6.07, 6.45) is 0. The second-order valence-electron chi connectivity index (χ2n) is 4.82. The lowest BCUT2D eigenvalue weighted by Crippen LogP contribution is -2.14. The van der Waals surface area contributed by atoms with Crippen molar-refractivity contribution in [3.05, 3.63) is 71.8 Å². The molecule has 0 saturated heterocycles. The van der Waals surface area contributed by atoms with Gasteiger partial charge in [-0.1, -0.05) is 60.7 Å². The van der Waals surface area contributed by atoms with Gasteiger partial charge < -0.3 is 0 Å². The van der Waals surface area contributed by atoms with Crippen molar-refractivity contribution in [1.82, 2.24) is 0 Å². The van der Waals surface area contributed by atoms with Crippen LogP contribution in [0, 0.1) is 0 Å². The van der Waals surface area contributed by atoms with Gasteiger partial charge >= 0.3 is 0 Å². The molecule has 0 radical (unpaired) electrons. The second-order valence-corrected chi connectivity index (χ2v) is 4.82. The molecule has 2 aromatic rings. The van der Waals surface area contributed by atoms with Crippen molar-refractivity contribution in [3.63, 3.8) is 0 Å². The van der Waals surface area contributed by atoms with Crippen LogP contribution in [0.2, 0.25) is 0 Å². The van der Waals surface area contributed by atoms with E-state index in [0.29, 0.717) is 11.1 Å². The molecule has 1 aliphatic carbocycles. The zero-order chi connectivity index (χ0) is 14.1. The van der Waals surface area contributed by atoms with E-state index in [1.807, 2.05) is 12.1 Å². The molecule has 0 aliphatic heterocycles. The van der Waals surface area contributed by atoms with Gasteiger partial charge in [-0.15, -0.1) is 0 Å². The lowest BCUT2D eigenvalue weighted by molar-refractivity contribution is -0.135. The van der Waals surface area contributed by atoms with Gasteiger partial charge in [0.25, 0.3) is 0 Å². The number of rotatable bonds is 2. The Morgan fingerprint density at radius 1 is 0.550 bits per heavy atom. The minimum absolute atomic E-state index is 0.322. The molecule has 98 valence electrons. The lowest BCUT2D eigenvalue weighted by Gasteiger charge is -2.08. The minimum Gasteiger partial charge on any atom is -0.297 e. The fourth-order valence-corrected chi connectivity index (χ4v) is 2.63. The van der Waals surface area contributed by atoms with Crippen LogP contribution in [0.1, 0.15) is 23.0 Å². The highest BCUT2D eigenvalue weighted by atomic mass is 16.2. The number of hydrogen-bond donors (Lipinski definition) is 0. The number of carbonyl (C=O) groups is 3. The van der Waals surface area contributed by atoms with E-state index < -0.39 is 23.4 Å². The minimum atomic E-state index is -0.950. The maximum absolute atomic E-state index is 12.5. The summed E-state index contributed by atoms with van der Waals surface area (Å²) in [4.78, 5) is 36.7. The molecule has 1 saturated carbocycles. The molecule has 0 N–H and O–H groups in total. The molecule has 0 spiro atoms. The molecule has 1 aliphatic rings. The van der Waals surface area contributed by atoms with Crippen molar-refractivity contribution >= 4 is 17.3 Å². The van der Waals surface area contributed by atoms with Gasteiger partial charge in [-0.3, -0.25) is 14.4 Å². The van der Waals surface area contributed by atoms with Gasteiger partial charge in [0.1, 0.15) is 11.8 Å². The summed E-state index contributed by atoms with van der Waals surface area (Å²) in [5.41, 5.74) is 1.18. The van der Waals surface area contributed by atoms with Crippen LogP contribution in [0.4, 0.5) is 0 Å². The highest BCUT2D eigenvalue weighted by molar-refractivity contribution is 6.54. The molecule has 0 heterocycles. The topological polar surface area (TPSA) is 51.2 Å². The summed E-state index contributed by atoms with van der Waals surface area (Å²) in [7, 11) is 0. The van der Waals surface area contributed by atoms with Crippen molar-refractivity contribution in [1.29, 1.82) is 0 Å². The zero-order valence-electron chi connectivity index (χ0n) is 10.7. The summed E-state index contributed by atoms with van der Waals surface area (Å²) in [6, 6.07) is 17.5. The van der Waals surface area contributed by atoms with Crippen LogP contribution in [0.5, 0.6) is 0 Å². The monoisotopic (exact) mass is 264 g/mol. The van der Waals surface area contributed by atoms with E-state index >= 15 is 0 Å². The normalized spacial score (nSPS) is 22.3. The molecule has 2 aromatic carbocycles. The average Bonchev–Trinajstić information content (AvgIpc) is 2.71. The summed E-state index contributed by atoms with van der Waals surface area (Å²) in [5, 5.41) is 0. The van der Waals surface area contributed by atoms with E-state index in [1.165, 1.54) is 0 Å². The van der Waals surface area contributed by atoms with E-state index in [0.717, 1.165) is 0 Å². The number of ketones is 3. The van der Waals surface area contributed by atoms with Crippen molar-refractivity contribution in [2.24, 2.45) is 0 Å². The molecule has 0 aromatic heterocycles. The fraction of sp³-hybridized carbons (Fsp3) is 0.118. The Bertz CT molecular complexity index is 614. The summed E-state index contributed by atoms with van der Waals surface area (Å²) < 4.78 is 0. The van der Waals surface area contributed by atoms with E-state index in [9.17, 15) is 14.4 Å². The standard InChI is InChI=1S/C17H12O3/c18-15-13(11-7-3-1-4-8-11)16(19)17(20)14(15)12-9-5-2-6-10-12/h1-10,13-14H/t13-,14+. The van der Waals surface area contributed by atoms with Crippen LogP contribution in [-0.2, 0) is 14.4 Å². The van der Waals surface area contributed by atoms with Crippen LogP contribution >= 0.6 is 0 Å². The van der Waals surface area contributed by atoms with E-state index in [2.05, 4.69) is 0 Å². The Morgan fingerprint density at radius 3 is 1.25 bits per heavy atom. The van der Waals surface area contributed by atoms with Crippen molar-refractivity contribution in [2.75, 3.05) is 0 Å². The lowest BCUT2D eigenvalue weighted by atomic mass is 9.91. The molecule has 0 amide bonds. The maximum atomic E-state index is 12.5. The Hall–Kier alpha value is -2.55. The Kier molecular flexibility index (Phi) is 3.03. The van der Waals surface area contributed by atoms with Crippen LogP contribution < -0.4 is 0 Å². The Labute approximate surface area is 116 Å². The van der Waals surface area contributed by atoms with Gasteiger partial charge in [0.05, 0.1) is 0 Å². The van der Waals surface area contributed by atoms with Gasteiger partial charge in [0.2, 0.25) is 11.6 Å². The average molecular weight is 264 g/mol. The summed E-state index contributed by atoms with van der Waals surface area (Å²) >= 11 is 0. The quantitative estimate of drug-likeness (QED) is 0.617. The van der Waals surface area contributed by atoms with Gasteiger partial charge in [0.15, 0.2) is 5.78 Å². The first-order valence-corrected chi connectivity index (χ1v) is 6.42. The van der Waals surface area contributed by atoms with Gasteiger partial charge in [-0.2, -0.15) is 0 Å². The van der Waals surface area contributed by atoms with Crippen LogP contribution in [0.15, 0.2) is 60.7 Å². The molecule has 3 heteroatoms. The first-order chi connectivity index (χ1) is 9.70. The molecule has 3 nitrogen and oxygen atoms in total. The van der Waals surface area contributed by atoms with Crippen LogP contribution in [0.25, 0.3) is 0 Å². The fourth-order valence-electron chi connectivity index (χ4n) is 2.63. The molecule has 2 atom stereocenters. The largest absolute Gasteiger partial charge is 0.297 e. The Morgan fingerprint density at radius 2 is 0.900 bits per heavy atom. The van der Waals surface area contributed by atoms with Crippen molar-refractivity contribution in [2.45, 2.75) is 11.8 Å². The smallest absolute Gasteiger partial charge is 0.214 e. The first-order valence-electron chi connectivity index (χ1n) is 6.42. The van der Waals surface area contributed by atoms with Crippen molar-refractivity contribution < 1.29 is 14.4 Å². The third kappa shape index (κ3) is 1.88. The third-order valence-corrected chi connectivity index (χ3v) is 3.60. The molecule has 3 rings (SSSR count). The molecular weight excluding hydrogens is 252 g/mol. The highest BCUT2D eigenvalue weighted by Gasteiger charge is 2.49. The number of benzene rings is 2. The Balaban J connectivity index is 2.03. The molecular formula is C17H12O3. The predicted octanol–water partition coefficient (Wildman–Crippen LogP) is 2.27. The van der Waals surface area contributed by atoms with E-state index in [4.69, 9.17) is 0 Å². The summed E-state index contributed by atoms with van der Waals surface area (Å²) in [5.74, 6) is -3.43. The van der Waals surface area contributed by atoms with Gasteiger partial charge in [-0.05, 0) is 11.1 Å². The number of hydrogen-bond acceptors (Lipinski definition) is 3. The van der Waals surface area contributed by atoms with Crippen LogP contribution in [0.3, 0.4) is 0 Å². The second kappa shape index (κ2) is 4.85. The van der Waals surface area contributed by atoms with Gasteiger partial charge in [-0.25, -0.2) is 0 Å².